The van der Waals surface area contributed by atoms with Crippen LogP contribution in [0.1, 0.15) is 32.0 Å². The first kappa shape index (κ1) is 19.5. The van der Waals surface area contributed by atoms with E-state index in [9.17, 15) is 22.8 Å². The molecule has 0 atom stereocenters. The van der Waals surface area contributed by atoms with Crippen molar-refractivity contribution in [1.82, 2.24) is 4.40 Å². The SMILES string of the molecule is COc1cc(OC)cc(C(=O)c2c(C)c(C(=O)C(F)(F)F)c3ccccn23)c1. The van der Waals surface area contributed by atoms with Gasteiger partial charge in [-0.3, -0.25) is 9.59 Å². The smallest absolute Gasteiger partial charge is 0.454 e. The van der Waals surface area contributed by atoms with Crippen LogP contribution >= 0.6 is 0 Å². The summed E-state index contributed by atoms with van der Waals surface area (Å²) >= 11 is 0. The maximum Gasteiger partial charge on any atom is 0.454 e. The maximum atomic E-state index is 13.2. The molecule has 146 valence electrons. The number of methoxy groups -OCH3 is 2. The van der Waals surface area contributed by atoms with Crippen LogP contribution in [0, 0.1) is 6.92 Å². The Labute approximate surface area is 158 Å². The zero-order valence-corrected chi connectivity index (χ0v) is 15.3. The van der Waals surface area contributed by atoms with Gasteiger partial charge in [-0.05, 0) is 36.8 Å². The molecule has 2 aromatic heterocycles. The number of hydrogen-bond acceptors (Lipinski definition) is 4. The molecule has 0 radical (unpaired) electrons. The van der Waals surface area contributed by atoms with Crippen LogP contribution in [0.5, 0.6) is 11.5 Å². The second kappa shape index (κ2) is 7.03. The fraction of sp³-hybridized carbons (Fsp3) is 0.200. The van der Waals surface area contributed by atoms with Crippen LogP contribution in [0.3, 0.4) is 0 Å². The first-order valence-electron chi connectivity index (χ1n) is 8.18. The van der Waals surface area contributed by atoms with E-state index in [1.807, 2.05) is 0 Å². The average Bonchev–Trinajstić information content (AvgIpc) is 2.97. The molecule has 0 saturated heterocycles. The van der Waals surface area contributed by atoms with Gasteiger partial charge in [-0.2, -0.15) is 13.2 Å². The van der Waals surface area contributed by atoms with Crippen molar-refractivity contribution in [1.29, 1.82) is 0 Å². The number of rotatable bonds is 5. The molecule has 28 heavy (non-hydrogen) atoms. The Kier molecular flexibility index (Phi) is 4.89. The van der Waals surface area contributed by atoms with E-state index in [1.165, 1.54) is 56.0 Å². The van der Waals surface area contributed by atoms with Crippen LogP contribution in [0.25, 0.3) is 5.52 Å². The number of halogens is 3. The van der Waals surface area contributed by atoms with Gasteiger partial charge >= 0.3 is 6.18 Å². The van der Waals surface area contributed by atoms with Gasteiger partial charge in [0.25, 0.3) is 5.78 Å². The number of benzene rings is 1. The Morgan fingerprint density at radius 3 is 2.14 bits per heavy atom. The molecule has 0 saturated carbocycles. The largest absolute Gasteiger partial charge is 0.497 e. The third kappa shape index (κ3) is 3.21. The first-order chi connectivity index (χ1) is 13.2. The topological polar surface area (TPSA) is 57.0 Å². The van der Waals surface area contributed by atoms with E-state index in [4.69, 9.17) is 9.47 Å². The number of carbonyl (C=O) groups excluding carboxylic acids is 2. The molecule has 2 heterocycles. The van der Waals surface area contributed by atoms with Gasteiger partial charge in [0.1, 0.15) is 11.5 Å². The Hall–Kier alpha value is -3.29. The summed E-state index contributed by atoms with van der Waals surface area (Å²) in [5.74, 6) is -1.84. The minimum atomic E-state index is -5.05. The predicted octanol–water partition coefficient (Wildman–Crippen LogP) is 4.24. The van der Waals surface area contributed by atoms with E-state index >= 15 is 0 Å². The van der Waals surface area contributed by atoms with Crippen molar-refractivity contribution in [3.63, 3.8) is 0 Å². The van der Waals surface area contributed by atoms with E-state index in [0.717, 1.165) is 0 Å². The number of hydrogen-bond donors (Lipinski definition) is 0. The normalized spacial score (nSPS) is 11.5. The minimum Gasteiger partial charge on any atom is -0.497 e. The molecule has 3 rings (SSSR count). The molecule has 0 N–H and O–H groups in total. The van der Waals surface area contributed by atoms with Crippen molar-refractivity contribution in [3.8, 4) is 11.5 Å². The summed E-state index contributed by atoms with van der Waals surface area (Å²) < 4.78 is 50.9. The van der Waals surface area contributed by atoms with Crippen molar-refractivity contribution in [3.05, 3.63) is 65.0 Å². The molecule has 0 aliphatic carbocycles. The average molecular weight is 391 g/mol. The highest BCUT2D eigenvalue weighted by Gasteiger charge is 2.42. The number of ether oxygens (including phenoxy) is 2. The van der Waals surface area contributed by atoms with Crippen molar-refractivity contribution in [2.45, 2.75) is 13.1 Å². The highest BCUT2D eigenvalue weighted by Crippen LogP contribution is 2.32. The third-order valence-corrected chi connectivity index (χ3v) is 4.40. The molecule has 0 fully saturated rings. The molecular formula is C20H16F3NO4. The Morgan fingerprint density at radius 1 is 1.00 bits per heavy atom. The fourth-order valence-corrected chi connectivity index (χ4v) is 3.12. The van der Waals surface area contributed by atoms with E-state index < -0.39 is 23.3 Å². The minimum absolute atomic E-state index is 0.0144. The van der Waals surface area contributed by atoms with Gasteiger partial charge in [0.2, 0.25) is 5.78 Å². The summed E-state index contributed by atoms with van der Waals surface area (Å²) in [6, 6.07) is 8.92. The van der Waals surface area contributed by atoms with Gasteiger partial charge in [-0.15, -0.1) is 0 Å². The van der Waals surface area contributed by atoms with E-state index in [-0.39, 0.29) is 22.3 Å². The monoisotopic (exact) mass is 391 g/mol. The molecule has 8 heteroatoms. The number of nitrogens with zero attached hydrogens (tertiary/aromatic N) is 1. The Balaban J connectivity index is 2.26. The lowest BCUT2D eigenvalue weighted by molar-refractivity contribution is -0.0884. The molecule has 0 amide bonds. The number of pyridine rings is 1. The molecular weight excluding hydrogens is 375 g/mol. The van der Waals surface area contributed by atoms with E-state index in [0.29, 0.717) is 11.5 Å². The lowest BCUT2D eigenvalue weighted by Crippen LogP contribution is -2.23. The molecule has 1 aromatic carbocycles. The van der Waals surface area contributed by atoms with Gasteiger partial charge in [0.05, 0.1) is 31.0 Å². The van der Waals surface area contributed by atoms with Gasteiger partial charge in [-0.1, -0.05) is 6.07 Å². The fourth-order valence-electron chi connectivity index (χ4n) is 3.12. The van der Waals surface area contributed by atoms with Crippen LogP contribution in [0.2, 0.25) is 0 Å². The summed E-state index contributed by atoms with van der Waals surface area (Å²) in [5.41, 5.74) is -0.431. The maximum absolute atomic E-state index is 13.2. The summed E-state index contributed by atoms with van der Waals surface area (Å²) in [5, 5.41) is 0. The third-order valence-electron chi connectivity index (χ3n) is 4.40. The number of aromatic nitrogens is 1. The van der Waals surface area contributed by atoms with E-state index in [2.05, 4.69) is 0 Å². The number of ketones is 2. The quantitative estimate of drug-likeness (QED) is 0.611. The standard InChI is InChI=1S/C20H16F3NO4/c1-11-16(19(26)20(21,22)23)15-6-4-5-7-24(15)17(11)18(25)12-8-13(27-2)10-14(9-12)28-3/h4-10H,1-3H3. The second-order valence-electron chi connectivity index (χ2n) is 6.06. The first-order valence-corrected chi connectivity index (χ1v) is 8.18. The van der Waals surface area contributed by atoms with Crippen LogP contribution in [0.15, 0.2) is 42.6 Å². The number of Topliss-reactive ketones (excluding diaryl/α,β-unsaturated/α-hetero) is 1. The molecule has 0 aliphatic heterocycles. The van der Waals surface area contributed by atoms with Crippen molar-refractivity contribution < 1.29 is 32.2 Å². The van der Waals surface area contributed by atoms with Crippen molar-refractivity contribution in [2.24, 2.45) is 0 Å². The molecule has 0 spiro atoms. The van der Waals surface area contributed by atoms with Gasteiger partial charge < -0.3 is 13.9 Å². The summed E-state index contributed by atoms with van der Waals surface area (Å²) in [6.45, 7) is 1.33. The summed E-state index contributed by atoms with van der Waals surface area (Å²) in [4.78, 5) is 25.2. The summed E-state index contributed by atoms with van der Waals surface area (Å²) in [7, 11) is 2.84. The highest BCUT2D eigenvalue weighted by molar-refractivity contribution is 6.15. The molecule has 3 aromatic rings. The number of carbonyl (C=O) groups is 2. The van der Waals surface area contributed by atoms with Crippen LogP contribution in [-0.2, 0) is 0 Å². The molecule has 5 nitrogen and oxygen atoms in total. The zero-order valence-electron chi connectivity index (χ0n) is 15.3. The predicted molar refractivity (Wildman–Crippen MR) is 95.5 cm³/mol. The van der Waals surface area contributed by atoms with Crippen molar-refractivity contribution in [2.75, 3.05) is 14.2 Å². The number of fused-ring (bicyclic) bond motifs is 1. The van der Waals surface area contributed by atoms with Crippen LogP contribution in [0.4, 0.5) is 13.2 Å². The lowest BCUT2D eigenvalue weighted by atomic mass is 10.0. The van der Waals surface area contributed by atoms with Crippen molar-refractivity contribution >= 4 is 17.1 Å². The summed E-state index contributed by atoms with van der Waals surface area (Å²) in [6.07, 6.45) is -3.61. The Bertz CT molecular complexity index is 1060. The number of alkyl halides is 3. The molecule has 0 unspecified atom stereocenters. The van der Waals surface area contributed by atoms with E-state index in [1.54, 1.807) is 12.1 Å². The van der Waals surface area contributed by atoms with Gasteiger partial charge in [0.15, 0.2) is 0 Å². The lowest BCUT2D eigenvalue weighted by Gasteiger charge is -2.09. The van der Waals surface area contributed by atoms with Crippen LogP contribution < -0.4 is 9.47 Å². The van der Waals surface area contributed by atoms with Gasteiger partial charge in [0, 0.05) is 17.8 Å². The second-order valence-corrected chi connectivity index (χ2v) is 6.06. The highest BCUT2D eigenvalue weighted by atomic mass is 19.4. The zero-order chi connectivity index (χ0) is 20.6. The Morgan fingerprint density at radius 2 is 1.61 bits per heavy atom. The van der Waals surface area contributed by atoms with Crippen LogP contribution in [-0.4, -0.2) is 36.4 Å². The molecule has 0 aliphatic rings. The molecule has 0 bridgehead atoms. The van der Waals surface area contributed by atoms with Gasteiger partial charge in [-0.25, -0.2) is 0 Å².